The zero-order chi connectivity index (χ0) is 19.6. The Morgan fingerprint density at radius 1 is 1.07 bits per heavy atom. The minimum Gasteiger partial charge on any atom is -0.466 e. The van der Waals surface area contributed by atoms with Crippen molar-refractivity contribution in [1.29, 1.82) is 0 Å². The Balaban J connectivity index is 1.69. The zero-order valence-electron chi connectivity index (χ0n) is 15.0. The molecule has 1 aromatic carbocycles. The van der Waals surface area contributed by atoms with Crippen LogP contribution in [0.4, 0.5) is 0 Å². The van der Waals surface area contributed by atoms with Crippen LogP contribution in [0.2, 0.25) is 0 Å². The number of thiocarbonyl (C=S) groups is 1. The van der Waals surface area contributed by atoms with E-state index in [0.29, 0.717) is 6.61 Å². The van der Waals surface area contributed by atoms with Crippen LogP contribution in [0.3, 0.4) is 0 Å². The third-order valence-electron chi connectivity index (χ3n) is 3.59. The van der Waals surface area contributed by atoms with Crippen molar-refractivity contribution >= 4 is 46.0 Å². The molecule has 0 unspecified atom stereocenters. The molecule has 3 N–H and O–H groups in total. The van der Waals surface area contributed by atoms with E-state index in [-0.39, 0.29) is 30.4 Å². The minimum atomic E-state index is -0.438. The van der Waals surface area contributed by atoms with E-state index in [1.807, 2.05) is 43.5 Å². The van der Waals surface area contributed by atoms with E-state index in [0.717, 1.165) is 17.3 Å². The van der Waals surface area contributed by atoms with E-state index in [9.17, 15) is 14.4 Å². The van der Waals surface area contributed by atoms with Crippen LogP contribution >= 0.6 is 12.2 Å². The first kappa shape index (κ1) is 20.4. The molecule has 8 nitrogen and oxygen atoms in total. The summed E-state index contributed by atoms with van der Waals surface area (Å²) in [6.45, 7) is 2.32. The van der Waals surface area contributed by atoms with Crippen molar-refractivity contribution in [3.63, 3.8) is 0 Å². The number of carbonyl (C=O) groups excluding carboxylic acids is 3. The second-order valence-corrected chi connectivity index (χ2v) is 6.18. The average Bonchev–Trinajstić information content (AvgIpc) is 3.06. The molecule has 2 amide bonds. The summed E-state index contributed by atoms with van der Waals surface area (Å²) in [5, 5.41) is 3.38. The van der Waals surface area contributed by atoms with E-state index in [4.69, 9.17) is 17.0 Å². The number of hydrogen-bond donors (Lipinski definition) is 3. The van der Waals surface area contributed by atoms with Gasteiger partial charge in [0.15, 0.2) is 5.11 Å². The Labute approximate surface area is 162 Å². The molecule has 27 heavy (non-hydrogen) atoms. The highest BCUT2D eigenvalue weighted by molar-refractivity contribution is 7.80. The highest BCUT2D eigenvalue weighted by Gasteiger charge is 2.10. The van der Waals surface area contributed by atoms with E-state index in [1.165, 1.54) is 0 Å². The maximum atomic E-state index is 12.0. The number of rotatable bonds is 7. The summed E-state index contributed by atoms with van der Waals surface area (Å²) in [4.78, 5) is 35.1. The van der Waals surface area contributed by atoms with Crippen molar-refractivity contribution < 1.29 is 19.1 Å². The second-order valence-electron chi connectivity index (χ2n) is 5.77. The monoisotopic (exact) mass is 390 g/mol. The fourth-order valence-corrected chi connectivity index (χ4v) is 2.49. The molecule has 0 saturated carbocycles. The van der Waals surface area contributed by atoms with Crippen molar-refractivity contribution in [2.45, 2.75) is 32.7 Å². The fourth-order valence-electron chi connectivity index (χ4n) is 2.32. The van der Waals surface area contributed by atoms with Crippen LogP contribution < -0.4 is 16.2 Å². The minimum absolute atomic E-state index is 0.0263. The summed E-state index contributed by atoms with van der Waals surface area (Å²) in [6, 6.07) is 9.64. The molecule has 0 saturated heterocycles. The van der Waals surface area contributed by atoms with Gasteiger partial charge >= 0.3 is 5.97 Å². The highest BCUT2D eigenvalue weighted by atomic mass is 32.1. The fraction of sp³-hybridized carbons (Fsp3) is 0.333. The first-order valence-corrected chi connectivity index (χ1v) is 8.98. The van der Waals surface area contributed by atoms with Gasteiger partial charge in [0, 0.05) is 18.1 Å². The number of amides is 2. The Bertz CT molecular complexity index is 834. The van der Waals surface area contributed by atoms with Crippen molar-refractivity contribution in [3.05, 3.63) is 36.5 Å². The lowest BCUT2D eigenvalue weighted by Crippen LogP contribution is -2.49. The van der Waals surface area contributed by atoms with Crippen molar-refractivity contribution in [2.75, 3.05) is 6.61 Å². The first-order chi connectivity index (χ1) is 13.0. The van der Waals surface area contributed by atoms with Gasteiger partial charge in [-0.15, -0.1) is 0 Å². The molecule has 0 atom stereocenters. The van der Waals surface area contributed by atoms with Crippen molar-refractivity contribution in [2.24, 2.45) is 0 Å². The number of hydrazine groups is 1. The van der Waals surface area contributed by atoms with Crippen LogP contribution in [0, 0.1) is 0 Å². The number of carbonyl (C=O) groups is 3. The van der Waals surface area contributed by atoms with Crippen LogP contribution in [0.25, 0.3) is 10.9 Å². The Kier molecular flexibility index (Phi) is 7.75. The molecule has 1 aromatic heterocycles. The summed E-state index contributed by atoms with van der Waals surface area (Å²) < 4.78 is 6.68. The van der Waals surface area contributed by atoms with Gasteiger partial charge in [0.05, 0.1) is 13.0 Å². The van der Waals surface area contributed by atoms with Gasteiger partial charge in [0.25, 0.3) is 5.91 Å². The summed E-state index contributed by atoms with van der Waals surface area (Å²) in [7, 11) is 0. The largest absolute Gasteiger partial charge is 0.466 e. The molecule has 0 aliphatic rings. The van der Waals surface area contributed by atoms with E-state index in [2.05, 4.69) is 16.2 Å². The lowest BCUT2D eigenvalue weighted by Gasteiger charge is -2.11. The number of para-hydroxylation sites is 1. The Morgan fingerprint density at radius 2 is 1.85 bits per heavy atom. The maximum Gasteiger partial charge on any atom is 0.306 e. The molecule has 2 rings (SSSR count). The third kappa shape index (κ3) is 6.70. The quantitative estimate of drug-likeness (QED) is 0.375. The molecule has 0 bridgehead atoms. The molecule has 1 heterocycles. The van der Waals surface area contributed by atoms with Crippen LogP contribution in [0.15, 0.2) is 36.5 Å². The number of nitrogens with zero attached hydrogens (tertiary/aromatic N) is 1. The summed E-state index contributed by atoms with van der Waals surface area (Å²) in [6.07, 6.45) is 2.47. The second kappa shape index (κ2) is 10.3. The first-order valence-electron chi connectivity index (χ1n) is 8.57. The number of nitrogens with one attached hydrogen (secondary N) is 3. The standard InChI is InChI=1S/C18H22N4O4S/c1-2-11-26-17(25)8-7-15(23)19-18(27)21-20-16(24)12-22-10-9-13-5-3-4-6-14(13)22/h3-6,9-10H,2,7-8,11-12H2,1H3,(H,20,24)(H2,19,21,23,27). The van der Waals surface area contributed by atoms with Crippen LogP contribution in [-0.4, -0.2) is 34.1 Å². The summed E-state index contributed by atoms with van der Waals surface area (Å²) in [5.74, 6) is -1.19. The molecule has 2 aromatic rings. The Hall–Kier alpha value is -2.94. The van der Waals surface area contributed by atoms with Crippen LogP contribution in [0.5, 0.6) is 0 Å². The molecule has 0 aliphatic heterocycles. The van der Waals surface area contributed by atoms with Gasteiger partial charge in [-0.1, -0.05) is 25.1 Å². The number of aromatic nitrogens is 1. The number of hydrogen-bond acceptors (Lipinski definition) is 5. The van der Waals surface area contributed by atoms with Gasteiger partial charge in [-0.3, -0.25) is 25.2 Å². The smallest absolute Gasteiger partial charge is 0.306 e. The third-order valence-corrected chi connectivity index (χ3v) is 3.79. The molecule has 9 heteroatoms. The zero-order valence-corrected chi connectivity index (χ0v) is 15.8. The lowest BCUT2D eigenvalue weighted by atomic mass is 10.2. The van der Waals surface area contributed by atoms with E-state index < -0.39 is 11.9 Å². The van der Waals surface area contributed by atoms with Crippen molar-refractivity contribution in [3.8, 4) is 0 Å². The predicted molar refractivity (Wildman–Crippen MR) is 104 cm³/mol. The van der Waals surface area contributed by atoms with Crippen molar-refractivity contribution in [1.82, 2.24) is 20.7 Å². The highest BCUT2D eigenvalue weighted by Crippen LogP contribution is 2.14. The van der Waals surface area contributed by atoms with Gasteiger partial charge < -0.3 is 14.6 Å². The molecule has 0 spiro atoms. The molecular formula is C18H22N4O4S. The number of fused-ring (bicyclic) bond motifs is 1. The molecular weight excluding hydrogens is 368 g/mol. The number of benzene rings is 1. The SMILES string of the molecule is CCCOC(=O)CCC(=O)NC(=S)NNC(=O)Cn1ccc2ccccc21. The Morgan fingerprint density at radius 3 is 2.63 bits per heavy atom. The molecule has 0 radical (unpaired) electrons. The van der Waals surface area contributed by atoms with Gasteiger partial charge in [-0.2, -0.15) is 0 Å². The molecule has 0 aliphatic carbocycles. The number of ether oxygens (including phenoxy) is 1. The summed E-state index contributed by atoms with van der Waals surface area (Å²) >= 11 is 4.94. The lowest BCUT2D eigenvalue weighted by molar-refractivity contribution is -0.144. The molecule has 144 valence electrons. The maximum absolute atomic E-state index is 12.0. The topological polar surface area (TPSA) is 101 Å². The average molecular weight is 390 g/mol. The van der Waals surface area contributed by atoms with E-state index >= 15 is 0 Å². The normalized spacial score (nSPS) is 10.3. The van der Waals surface area contributed by atoms with Gasteiger partial charge in [0.2, 0.25) is 5.91 Å². The predicted octanol–water partition coefficient (Wildman–Crippen LogP) is 1.40. The van der Waals surface area contributed by atoms with Crippen LogP contribution in [-0.2, 0) is 25.7 Å². The van der Waals surface area contributed by atoms with Gasteiger partial charge in [-0.05, 0) is 36.2 Å². The summed E-state index contributed by atoms with van der Waals surface area (Å²) in [5.41, 5.74) is 5.84. The van der Waals surface area contributed by atoms with Gasteiger partial charge in [0.1, 0.15) is 6.54 Å². The van der Waals surface area contributed by atoms with Gasteiger partial charge in [-0.25, -0.2) is 0 Å². The van der Waals surface area contributed by atoms with Crippen LogP contribution in [0.1, 0.15) is 26.2 Å². The van der Waals surface area contributed by atoms with E-state index in [1.54, 1.807) is 4.57 Å². The number of esters is 1. The molecule has 0 fully saturated rings.